The van der Waals surface area contributed by atoms with E-state index in [1.54, 1.807) is 19.1 Å². The number of piperazine rings is 1. The van der Waals surface area contributed by atoms with Gasteiger partial charge in [-0.25, -0.2) is 10.2 Å². The number of piperidine rings is 1. The van der Waals surface area contributed by atoms with E-state index in [4.69, 9.17) is 14.5 Å². The molecule has 1 spiro atoms. The highest BCUT2D eigenvalue weighted by Crippen LogP contribution is 2.42. The highest BCUT2D eigenvalue weighted by atomic mass is 16.5. The second-order valence-electron chi connectivity index (χ2n) is 23.3. The summed E-state index contributed by atoms with van der Waals surface area (Å²) in [6.45, 7) is 22.8. The predicted molar refractivity (Wildman–Crippen MR) is 290 cm³/mol. The molecular formula is C58H82N10O7. The van der Waals surface area contributed by atoms with Crippen molar-refractivity contribution in [2.75, 3.05) is 86.2 Å². The Morgan fingerprint density at radius 1 is 1.03 bits per heavy atom. The molecule has 5 atom stereocenters. The Morgan fingerprint density at radius 3 is 2.51 bits per heavy atom. The second-order valence-corrected chi connectivity index (χ2v) is 23.3. The van der Waals surface area contributed by atoms with Crippen LogP contribution in [0.25, 0.3) is 27.7 Å². The molecule has 2 N–H and O–H groups in total. The Morgan fingerprint density at radius 2 is 1.80 bits per heavy atom. The minimum atomic E-state index is -1.00. The number of benzene rings is 1. The first-order valence-corrected chi connectivity index (χ1v) is 27.7. The molecule has 9 rings (SSSR count). The van der Waals surface area contributed by atoms with Crippen LogP contribution in [0, 0.1) is 17.3 Å². The average Bonchev–Trinajstić information content (AvgIpc) is 4.20. The highest BCUT2D eigenvalue weighted by molar-refractivity contribution is 5.95. The number of aromatic nitrogens is 2. The zero-order chi connectivity index (χ0) is 53.3. The lowest BCUT2D eigenvalue weighted by atomic mass is 9.83. The number of ether oxygens (including phenoxy) is 2. The fraction of sp³-hybridized carbons (Fsp3) is 0.621. The number of rotatable bonds is 11. The first kappa shape index (κ1) is 54.2. The van der Waals surface area contributed by atoms with Crippen LogP contribution in [0.2, 0.25) is 0 Å². The number of hydrogen-bond acceptors (Lipinski definition) is 11. The van der Waals surface area contributed by atoms with Crippen LogP contribution in [0.4, 0.5) is 4.79 Å². The van der Waals surface area contributed by atoms with Crippen molar-refractivity contribution in [2.24, 2.45) is 17.3 Å². The summed E-state index contributed by atoms with van der Waals surface area (Å²) in [5.41, 5.74) is 9.90. The zero-order valence-corrected chi connectivity index (χ0v) is 45.9. The number of urea groups is 1. The van der Waals surface area contributed by atoms with Crippen LogP contribution in [-0.2, 0) is 41.6 Å². The molecule has 0 radical (unpaired) electrons. The van der Waals surface area contributed by atoms with Crippen LogP contribution in [0.3, 0.4) is 0 Å². The summed E-state index contributed by atoms with van der Waals surface area (Å²) in [6, 6.07) is 7.91. The molecule has 3 saturated heterocycles. The summed E-state index contributed by atoms with van der Waals surface area (Å²) in [5, 5.41) is 5.78. The molecule has 1 aliphatic carbocycles. The second kappa shape index (κ2) is 22.5. The molecule has 2 unspecified atom stereocenters. The molecule has 5 aliphatic heterocycles. The van der Waals surface area contributed by atoms with Crippen LogP contribution < -0.4 is 10.7 Å². The summed E-state index contributed by atoms with van der Waals surface area (Å²) in [5.74, 6) is -0.841. The molecule has 7 heterocycles. The molecule has 6 bridgehead atoms. The summed E-state index contributed by atoms with van der Waals surface area (Å²) >= 11 is 0. The third-order valence-electron chi connectivity index (χ3n) is 17.0. The Balaban J connectivity index is 0.991. The number of aryl methyl sites for hydroxylation is 1. The number of methoxy groups -OCH3 is 1. The molecule has 75 heavy (non-hydrogen) atoms. The highest BCUT2D eigenvalue weighted by Gasteiger charge is 2.48. The third kappa shape index (κ3) is 11.4. The van der Waals surface area contributed by atoms with Crippen LogP contribution in [0.15, 0.2) is 55.3 Å². The van der Waals surface area contributed by atoms with Crippen molar-refractivity contribution in [2.45, 2.75) is 129 Å². The number of nitrogens with one attached hydrogen (secondary N) is 2. The van der Waals surface area contributed by atoms with E-state index in [0.717, 1.165) is 83.5 Å². The monoisotopic (exact) mass is 1030 g/mol. The van der Waals surface area contributed by atoms with Gasteiger partial charge in [0.25, 0.3) is 5.91 Å². The van der Waals surface area contributed by atoms with Crippen molar-refractivity contribution >= 4 is 46.2 Å². The quantitative estimate of drug-likeness (QED) is 0.164. The Kier molecular flexibility index (Phi) is 16.3. The van der Waals surface area contributed by atoms with Gasteiger partial charge in [-0.1, -0.05) is 46.4 Å². The molecule has 3 aromatic rings. The van der Waals surface area contributed by atoms with Crippen molar-refractivity contribution < 1.29 is 33.4 Å². The number of hydrazine groups is 1. The molecule has 17 heteroatoms. The number of fused-ring (bicyclic) bond motifs is 6. The van der Waals surface area contributed by atoms with Gasteiger partial charge in [-0.05, 0) is 124 Å². The van der Waals surface area contributed by atoms with E-state index in [1.807, 2.05) is 42.8 Å². The van der Waals surface area contributed by atoms with Crippen molar-refractivity contribution in [3.8, 4) is 11.3 Å². The molecule has 406 valence electrons. The average molecular weight is 1030 g/mol. The van der Waals surface area contributed by atoms with E-state index in [9.17, 15) is 24.0 Å². The van der Waals surface area contributed by atoms with Crippen molar-refractivity contribution in [3.05, 3.63) is 72.1 Å². The first-order chi connectivity index (χ1) is 35.9. The molecule has 4 fully saturated rings. The Hall–Kier alpha value is -5.62. The molecule has 1 saturated carbocycles. The standard InChI is InChI=1S/C58H82N10O7/c1-10-49(69)65-29-30-66(33-40-18-19-40)58(36-65)22-27-64(28-23-58)56(73)62(8)51(38(3)4)53(70)60-47-35-63-25-13-15-42(34-63)41-20-21-48-44(31-41)45(52(67(48)11-2)43-16-12-24-59-50(43)39(5)74-9)32-57(6,7)37-75-55(72)46-17-14-26-68(61-46)54(47)71/h10,12,15-16,20-21,24,31,38-40,46-47,51,61H,1,11,13-14,17-19,22-23,25-30,32-37H2,2-9H3,(H,60,70)/t39-,46-,47?,51-/m0/s1. The van der Waals surface area contributed by atoms with Gasteiger partial charge in [0.1, 0.15) is 18.1 Å². The fourth-order valence-corrected chi connectivity index (χ4v) is 12.6. The lowest BCUT2D eigenvalue weighted by molar-refractivity contribution is -0.155. The van der Waals surface area contributed by atoms with Gasteiger partial charge in [0, 0.05) is 120 Å². The number of pyridine rings is 1. The summed E-state index contributed by atoms with van der Waals surface area (Å²) < 4.78 is 14.4. The number of carbonyl (C=O) groups excluding carboxylic acids is 5. The van der Waals surface area contributed by atoms with Gasteiger partial charge < -0.3 is 34.1 Å². The van der Waals surface area contributed by atoms with Crippen LogP contribution in [-0.4, -0.2) is 179 Å². The number of nitrogens with zero attached hydrogens (tertiary/aromatic N) is 8. The molecule has 5 amide bonds. The lowest BCUT2D eigenvalue weighted by Crippen LogP contribution is -2.67. The topological polar surface area (TPSA) is 165 Å². The minimum Gasteiger partial charge on any atom is -0.464 e. The van der Waals surface area contributed by atoms with Gasteiger partial charge in [-0.15, -0.1) is 0 Å². The summed E-state index contributed by atoms with van der Waals surface area (Å²) in [6.07, 6.45) is 11.6. The Labute approximate surface area is 443 Å². The van der Waals surface area contributed by atoms with Crippen LogP contribution >= 0.6 is 0 Å². The summed E-state index contributed by atoms with van der Waals surface area (Å²) in [7, 11) is 3.39. The lowest BCUT2D eigenvalue weighted by Gasteiger charge is -2.54. The zero-order valence-electron chi connectivity index (χ0n) is 45.9. The smallest absolute Gasteiger partial charge is 0.324 e. The normalized spacial score (nSPS) is 24.3. The Bertz CT molecular complexity index is 2670. The number of likely N-dealkylation sites (tertiary alicyclic amines) is 1. The van der Waals surface area contributed by atoms with Gasteiger partial charge in [0.15, 0.2) is 0 Å². The number of cyclic esters (lactones) is 1. The van der Waals surface area contributed by atoms with E-state index < -0.39 is 35.4 Å². The first-order valence-electron chi connectivity index (χ1n) is 27.7. The number of esters is 1. The van der Waals surface area contributed by atoms with Crippen LogP contribution in [0.5, 0.6) is 0 Å². The van der Waals surface area contributed by atoms with E-state index in [1.165, 1.54) is 23.9 Å². The molecule has 6 aliphatic rings. The van der Waals surface area contributed by atoms with E-state index in [-0.39, 0.29) is 48.6 Å². The minimum absolute atomic E-state index is 0.0569. The number of hydrogen-bond donors (Lipinski definition) is 2. The van der Waals surface area contributed by atoms with Gasteiger partial charge in [-0.3, -0.25) is 39.0 Å². The van der Waals surface area contributed by atoms with Crippen molar-refractivity contribution in [1.29, 1.82) is 0 Å². The number of carbonyl (C=O) groups is 5. The van der Waals surface area contributed by atoms with Crippen LogP contribution in [0.1, 0.15) is 109 Å². The summed E-state index contributed by atoms with van der Waals surface area (Å²) in [4.78, 5) is 86.3. The number of likely N-dealkylation sites (N-methyl/N-ethyl adjacent to an activating group) is 1. The maximum atomic E-state index is 15.0. The molecule has 1 aromatic carbocycles. The van der Waals surface area contributed by atoms with Gasteiger partial charge in [0.05, 0.1) is 24.1 Å². The third-order valence-corrected chi connectivity index (χ3v) is 17.0. The van der Waals surface area contributed by atoms with E-state index in [2.05, 4.69) is 82.8 Å². The maximum absolute atomic E-state index is 15.0. The fourth-order valence-electron chi connectivity index (χ4n) is 12.6. The van der Waals surface area contributed by atoms with Gasteiger partial charge >= 0.3 is 12.0 Å². The van der Waals surface area contributed by atoms with E-state index in [0.29, 0.717) is 71.0 Å². The SMILES string of the molecule is C=CC(=O)N1CCN(CC2CC2)C2(CCN(C(=O)N(C)[C@H](C(=O)NC3CN4CCC=C(C4)c4ccc5c(c4)c(c(-c4cccnc4[C@H](C)OC)n5CC)CC(C)(C)COC(=O)[C@@H]4CCCN(N4)C3=O)C(C)C)CC2)C1. The molecule has 17 nitrogen and oxygen atoms in total. The molecular weight excluding hydrogens is 949 g/mol. The van der Waals surface area contributed by atoms with Crippen molar-refractivity contribution in [1.82, 2.24) is 49.8 Å². The van der Waals surface area contributed by atoms with Gasteiger partial charge in [-0.2, -0.15) is 0 Å². The number of amides is 5. The van der Waals surface area contributed by atoms with Crippen molar-refractivity contribution in [3.63, 3.8) is 0 Å². The predicted octanol–water partition coefficient (Wildman–Crippen LogP) is 6.28. The van der Waals surface area contributed by atoms with Gasteiger partial charge in [0.2, 0.25) is 11.8 Å². The maximum Gasteiger partial charge on any atom is 0.324 e. The van der Waals surface area contributed by atoms with E-state index >= 15 is 0 Å². The molecule has 2 aromatic heterocycles. The largest absolute Gasteiger partial charge is 0.464 e.